The Morgan fingerprint density at radius 1 is 0.676 bits per heavy atom. The maximum absolute atomic E-state index is 12.5. The summed E-state index contributed by atoms with van der Waals surface area (Å²) in [5.74, 6) is 1.08. The lowest BCUT2D eigenvalue weighted by Gasteiger charge is -2.12. The molecule has 166 valence electrons. The first-order valence-corrected chi connectivity index (χ1v) is 11.0. The zero-order chi connectivity index (χ0) is 23.2. The predicted molar refractivity (Wildman–Crippen MR) is 137 cm³/mol. The second kappa shape index (κ2) is 9.83. The number of benzene rings is 4. The summed E-state index contributed by atoms with van der Waals surface area (Å²) in [6.07, 6.45) is 0. The van der Waals surface area contributed by atoms with Crippen molar-refractivity contribution in [3.8, 4) is 0 Å². The van der Waals surface area contributed by atoms with Crippen LogP contribution in [0.15, 0.2) is 109 Å². The van der Waals surface area contributed by atoms with Crippen molar-refractivity contribution in [1.29, 1.82) is 0 Å². The molecular weight excluding hydrogens is 422 g/mol. The minimum absolute atomic E-state index is 0.160. The lowest BCUT2D eigenvalue weighted by Crippen LogP contribution is -2.11. The number of rotatable bonds is 7. The molecule has 6 nitrogen and oxygen atoms in total. The summed E-state index contributed by atoms with van der Waals surface area (Å²) in [6, 6.07) is 34.7. The average Bonchev–Trinajstić information content (AvgIpc) is 2.89. The van der Waals surface area contributed by atoms with E-state index in [2.05, 4.69) is 33.1 Å². The lowest BCUT2D eigenvalue weighted by atomic mass is 10.2. The van der Waals surface area contributed by atoms with Crippen molar-refractivity contribution in [3.05, 3.63) is 120 Å². The number of nitrogens with one attached hydrogen (secondary N) is 3. The summed E-state index contributed by atoms with van der Waals surface area (Å²) in [7, 11) is 0. The fourth-order valence-corrected chi connectivity index (χ4v) is 3.61. The molecule has 0 unspecified atom stereocenters. The molecule has 0 fully saturated rings. The van der Waals surface area contributed by atoms with Gasteiger partial charge in [-0.3, -0.25) is 4.79 Å². The summed E-state index contributed by atoms with van der Waals surface area (Å²) in [5, 5.41) is 10.5. The number of carbonyl (C=O) groups is 1. The highest BCUT2D eigenvalue weighted by Gasteiger charge is 2.09. The quantitative estimate of drug-likeness (QED) is 0.276. The molecule has 0 saturated carbocycles. The largest absolute Gasteiger partial charge is 0.365 e. The van der Waals surface area contributed by atoms with Gasteiger partial charge in [0.2, 0.25) is 5.95 Å². The minimum atomic E-state index is -0.160. The Balaban J connectivity index is 1.33. The molecule has 34 heavy (non-hydrogen) atoms. The summed E-state index contributed by atoms with van der Waals surface area (Å²) < 4.78 is 0. The molecule has 5 aromatic rings. The van der Waals surface area contributed by atoms with Gasteiger partial charge < -0.3 is 16.0 Å². The maximum Gasteiger partial charge on any atom is 0.255 e. The van der Waals surface area contributed by atoms with E-state index in [4.69, 9.17) is 4.98 Å². The molecule has 3 N–H and O–H groups in total. The first-order valence-electron chi connectivity index (χ1n) is 11.0. The third kappa shape index (κ3) is 5.02. The van der Waals surface area contributed by atoms with E-state index in [0.29, 0.717) is 18.1 Å². The molecule has 0 aliphatic carbocycles. The normalized spacial score (nSPS) is 10.6. The van der Waals surface area contributed by atoms with Crippen molar-refractivity contribution in [1.82, 2.24) is 9.97 Å². The smallest absolute Gasteiger partial charge is 0.255 e. The van der Waals surface area contributed by atoms with Crippen molar-refractivity contribution in [3.63, 3.8) is 0 Å². The Bertz CT molecular complexity index is 1400. The zero-order valence-corrected chi connectivity index (χ0v) is 18.4. The Kier molecular flexibility index (Phi) is 6.12. The number of para-hydroxylation sites is 2. The van der Waals surface area contributed by atoms with E-state index in [0.717, 1.165) is 28.1 Å². The van der Waals surface area contributed by atoms with Crippen LogP contribution in [0.4, 0.5) is 23.1 Å². The Hall–Kier alpha value is -4.71. The minimum Gasteiger partial charge on any atom is -0.365 e. The molecule has 6 heteroatoms. The van der Waals surface area contributed by atoms with Crippen LogP contribution >= 0.6 is 0 Å². The Morgan fingerprint density at radius 3 is 2.12 bits per heavy atom. The van der Waals surface area contributed by atoms with Gasteiger partial charge >= 0.3 is 0 Å². The maximum atomic E-state index is 12.5. The van der Waals surface area contributed by atoms with Crippen molar-refractivity contribution >= 4 is 40.0 Å². The van der Waals surface area contributed by atoms with Crippen LogP contribution < -0.4 is 16.0 Å². The molecule has 0 bridgehead atoms. The molecule has 5 rings (SSSR count). The number of nitrogens with zero attached hydrogens (tertiary/aromatic N) is 2. The highest BCUT2D eigenvalue weighted by molar-refractivity contribution is 6.04. The highest BCUT2D eigenvalue weighted by atomic mass is 16.1. The van der Waals surface area contributed by atoms with Crippen molar-refractivity contribution in [2.45, 2.75) is 6.54 Å². The van der Waals surface area contributed by atoms with Gasteiger partial charge in [-0.05, 0) is 54.1 Å². The summed E-state index contributed by atoms with van der Waals surface area (Å²) in [5.41, 5.74) is 4.13. The molecular formula is C28H23N5O. The molecule has 0 spiro atoms. The van der Waals surface area contributed by atoms with E-state index in [-0.39, 0.29) is 5.91 Å². The van der Waals surface area contributed by atoms with Gasteiger partial charge in [0.15, 0.2) is 0 Å². The molecule has 1 aromatic heterocycles. The molecule has 0 aliphatic rings. The van der Waals surface area contributed by atoms with Gasteiger partial charge in [-0.1, -0.05) is 60.7 Å². The first kappa shape index (κ1) is 21.2. The van der Waals surface area contributed by atoms with E-state index in [9.17, 15) is 4.79 Å². The van der Waals surface area contributed by atoms with Crippen LogP contribution in [0.25, 0.3) is 10.9 Å². The number of hydrogen-bond donors (Lipinski definition) is 3. The SMILES string of the molecule is O=C(Nc1ccccc1)c1ccc(Nc2nc(NCc3ccccc3)c3ccccc3n2)cc1. The van der Waals surface area contributed by atoms with E-state index in [1.807, 2.05) is 84.9 Å². The molecule has 4 aromatic carbocycles. The van der Waals surface area contributed by atoms with Gasteiger partial charge in [0, 0.05) is 28.9 Å². The van der Waals surface area contributed by atoms with Crippen LogP contribution in [-0.4, -0.2) is 15.9 Å². The fourth-order valence-electron chi connectivity index (χ4n) is 3.61. The first-order chi connectivity index (χ1) is 16.7. The van der Waals surface area contributed by atoms with E-state index < -0.39 is 0 Å². The number of aromatic nitrogens is 2. The molecule has 1 amide bonds. The third-order valence-electron chi connectivity index (χ3n) is 5.34. The van der Waals surface area contributed by atoms with Gasteiger partial charge in [0.05, 0.1) is 5.52 Å². The lowest BCUT2D eigenvalue weighted by molar-refractivity contribution is 0.102. The van der Waals surface area contributed by atoms with Gasteiger partial charge in [0.1, 0.15) is 5.82 Å². The van der Waals surface area contributed by atoms with Crippen molar-refractivity contribution in [2.75, 3.05) is 16.0 Å². The third-order valence-corrected chi connectivity index (χ3v) is 5.34. The van der Waals surface area contributed by atoms with Gasteiger partial charge in [-0.25, -0.2) is 4.98 Å². The van der Waals surface area contributed by atoms with E-state index in [1.54, 1.807) is 12.1 Å². The molecule has 0 radical (unpaired) electrons. The topological polar surface area (TPSA) is 78.9 Å². The van der Waals surface area contributed by atoms with Crippen LogP contribution in [-0.2, 0) is 6.54 Å². The van der Waals surface area contributed by atoms with Gasteiger partial charge in [-0.15, -0.1) is 0 Å². The molecule has 0 saturated heterocycles. The Morgan fingerprint density at radius 2 is 1.35 bits per heavy atom. The average molecular weight is 446 g/mol. The van der Waals surface area contributed by atoms with Crippen LogP contribution in [0.3, 0.4) is 0 Å². The van der Waals surface area contributed by atoms with Crippen LogP contribution in [0.2, 0.25) is 0 Å². The predicted octanol–water partition coefficient (Wildman–Crippen LogP) is 6.24. The van der Waals surface area contributed by atoms with Crippen molar-refractivity contribution < 1.29 is 4.79 Å². The van der Waals surface area contributed by atoms with Crippen molar-refractivity contribution in [2.24, 2.45) is 0 Å². The summed E-state index contributed by atoms with van der Waals surface area (Å²) in [4.78, 5) is 21.9. The van der Waals surface area contributed by atoms with Gasteiger partial charge in [0.25, 0.3) is 5.91 Å². The second-order valence-corrected chi connectivity index (χ2v) is 7.77. The monoisotopic (exact) mass is 445 g/mol. The highest BCUT2D eigenvalue weighted by Crippen LogP contribution is 2.24. The summed E-state index contributed by atoms with van der Waals surface area (Å²) in [6.45, 7) is 0.659. The number of carbonyl (C=O) groups excluding carboxylic acids is 1. The second-order valence-electron chi connectivity index (χ2n) is 7.77. The standard InChI is InChI=1S/C28H23N5O/c34-27(30-22-11-5-2-6-12-22)21-15-17-23(18-16-21)31-28-32-25-14-8-7-13-24(25)26(33-28)29-19-20-9-3-1-4-10-20/h1-18H,19H2,(H,30,34)(H2,29,31,32,33). The zero-order valence-electron chi connectivity index (χ0n) is 18.4. The van der Waals surface area contributed by atoms with Crippen LogP contribution in [0.5, 0.6) is 0 Å². The Labute approximate surface area is 197 Å². The molecule has 0 aliphatic heterocycles. The van der Waals surface area contributed by atoms with Crippen LogP contribution in [0.1, 0.15) is 15.9 Å². The number of anilines is 4. The summed E-state index contributed by atoms with van der Waals surface area (Å²) >= 11 is 0. The van der Waals surface area contributed by atoms with Gasteiger partial charge in [-0.2, -0.15) is 4.98 Å². The number of amides is 1. The number of hydrogen-bond acceptors (Lipinski definition) is 5. The van der Waals surface area contributed by atoms with Crippen LogP contribution in [0, 0.1) is 0 Å². The molecule has 0 atom stereocenters. The number of fused-ring (bicyclic) bond motifs is 1. The van der Waals surface area contributed by atoms with E-state index in [1.165, 1.54) is 5.56 Å². The van der Waals surface area contributed by atoms with E-state index >= 15 is 0 Å². The fraction of sp³-hybridized carbons (Fsp3) is 0.0357. The molecule has 1 heterocycles.